The Bertz CT molecular complexity index is 925. The third-order valence-electron chi connectivity index (χ3n) is 7.51. The lowest BCUT2D eigenvalue weighted by molar-refractivity contribution is -0.308. The van der Waals surface area contributed by atoms with Crippen molar-refractivity contribution in [2.24, 2.45) is 0 Å². The molecule has 1 aromatic rings. The van der Waals surface area contributed by atoms with E-state index in [-0.39, 0.29) is 19.2 Å². The van der Waals surface area contributed by atoms with E-state index >= 15 is 0 Å². The predicted molar refractivity (Wildman–Crippen MR) is 130 cm³/mol. The summed E-state index contributed by atoms with van der Waals surface area (Å²) in [6.07, 6.45) is -14.4. The average molecular weight is 554 g/mol. The van der Waals surface area contributed by atoms with Crippen LogP contribution < -0.4 is 4.74 Å². The lowest BCUT2D eigenvalue weighted by Crippen LogP contribution is -2.55. The Balaban J connectivity index is 1.62. The maximum atomic E-state index is 12.8. The summed E-state index contributed by atoms with van der Waals surface area (Å²) in [6, 6.07) is 6.12. The summed E-state index contributed by atoms with van der Waals surface area (Å²) in [4.78, 5) is 17.6. The van der Waals surface area contributed by atoms with Crippen molar-refractivity contribution in [1.82, 2.24) is 14.7 Å². The Morgan fingerprint density at radius 2 is 1.63 bits per heavy atom. The molecule has 2 aliphatic rings. The summed E-state index contributed by atoms with van der Waals surface area (Å²) < 4.78 is 86.9. The van der Waals surface area contributed by atoms with Crippen molar-refractivity contribution < 1.29 is 40.6 Å². The lowest BCUT2D eigenvalue weighted by Gasteiger charge is -2.46. The molecule has 3 rings (SSSR count). The number of amides is 1. The first kappa shape index (κ1) is 30.3. The van der Waals surface area contributed by atoms with E-state index in [1.165, 1.54) is 0 Å². The minimum atomic E-state index is -5.74. The highest BCUT2D eigenvalue weighted by atomic mass is 19.4. The van der Waals surface area contributed by atoms with Crippen LogP contribution in [0.15, 0.2) is 18.2 Å². The van der Waals surface area contributed by atoms with Crippen molar-refractivity contribution >= 4 is 6.09 Å². The van der Waals surface area contributed by atoms with Crippen molar-refractivity contribution in [1.29, 1.82) is 0 Å². The molecular formula is C26H37F6N3O3. The van der Waals surface area contributed by atoms with Crippen LogP contribution in [0.1, 0.15) is 50.7 Å². The fourth-order valence-corrected chi connectivity index (χ4v) is 5.17. The van der Waals surface area contributed by atoms with Crippen molar-refractivity contribution in [2.45, 2.75) is 83.1 Å². The van der Waals surface area contributed by atoms with Crippen LogP contribution in [-0.2, 0) is 11.3 Å². The Labute approximate surface area is 219 Å². The number of hydrogen-bond acceptors (Lipinski definition) is 5. The number of benzene rings is 1. The maximum Gasteiger partial charge on any atom is 0.434 e. The van der Waals surface area contributed by atoms with E-state index in [4.69, 9.17) is 4.74 Å². The number of carbonyl (C=O) groups is 1. The van der Waals surface area contributed by atoms with E-state index in [0.717, 1.165) is 47.7 Å². The molecule has 0 bridgehead atoms. The number of carbonyl (C=O) groups excluding carboxylic acids is 1. The molecule has 0 aromatic heterocycles. The maximum absolute atomic E-state index is 12.8. The molecule has 0 saturated carbocycles. The molecule has 0 atom stereocenters. The first-order valence-corrected chi connectivity index (χ1v) is 12.9. The van der Waals surface area contributed by atoms with Gasteiger partial charge in [0.25, 0.3) is 6.10 Å². The monoisotopic (exact) mass is 553 g/mol. The van der Waals surface area contributed by atoms with Gasteiger partial charge in [-0.2, -0.15) is 26.3 Å². The first-order chi connectivity index (χ1) is 17.6. The number of ether oxygens (including phenoxy) is 2. The highest BCUT2D eigenvalue weighted by Gasteiger charge is 2.60. The van der Waals surface area contributed by atoms with Gasteiger partial charge in [-0.05, 0) is 76.4 Å². The molecule has 38 heavy (non-hydrogen) atoms. The largest absolute Gasteiger partial charge is 0.490 e. The molecule has 2 aliphatic heterocycles. The van der Waals surface area contributed by atoms with Crippen molar-refractivity contribution in [3.05, 3.63) is 29.3 Å². The van der Waals surface area contributed by atoms with E-state index in [2.05, 4.69) is 27.7 Å². The molecule has 6 nitrogen and oxygen atoms in total. The Morgan fingerprint density at radius 1 is 1.05 bits per heavy atom. The molecule has 0 radical (unpaired) electrons. The summed E-state index contributed by atoms with van der Waals surface area (Å²) in [5.41, 5.74) is 1.71. The normalized spacial score (nSPS) is 19.7. The minimum Gasteiger partial charge on any atom is -0.490 e. The molecule has 2 saturated heterocycles. The average Bonchev–Trinajstić information content (AvgIpc) is 2.81. The van der Waals surface area contributed by atoms with Gasteiger partial charge in [0.1, 0.15) is 11.9 Å². The van der Waals surface area contributed by atoms with Gasteiger partial charge in [0.15, 0.2) is 0 Å². The Kier molecular flexibility index (Phi) is 9.49. The smallest absolute Gasteiger partial charge is 0.434 e. The molecular weight excluding hydrogens is 516 g/mol. The molecule has 0 aliphatic carbocycles. The lowest BCUT2D eigenvalue weighted by atomic mass is 9.87. The van der Waals surface area contributed by atoms with E-state index in [1.807, 2.05) is 32.9 Å². The van der Waals surface area contributed by atoms with Crippen LogP contribution in [0.25, 0.3) is 0 Å². The number of piperidine rings is 2. The third-order valence-corrected chi connectivity index (χ3v) is 7.51. The SMILES string of the molecule is CCN(Cc1cc(C)cc(OC2CCN(C)CC2)c1)C1(C)CCN(C(=O)OC(C(F)(F)F)C(F)(F)F)CC1. The fourth-order valence-electron chi connectivity index (χ4n) is 5.17. The van der Waals surface area contributed by atoms with Gasteiger partial charge in [-0.1, -0.05) is 13.0 Å². The van der Waals surface area contributed by atoms with Crippen molar-refractivity contribution in [3.63, 3.8) is 0 Å². The summed E-state index contributed by atoms with van der Waals surface area (Å²) >= 11 is 0. The second-order valence-electron chi connectivity index (χ2n) is 10.6. The molecule has 0 unspecified atom stereocenters. The zero-order valence-electron chi connectivity index (χ0n) is 22.3. The number of hydrogen-bond donors (Lipinski definition) is 0. The van der Waals surface area contributed by atoms with Gasteiger partial charge in [0, 0.05) is 38.3 Å². The molecule has 216 valence electrons. The highest BCUT2D eigenvalue weighted by Crippen LogP contribution is 2.37. The standard InChI is InChI=1S/C26H37F6N3O3/c1-5-35(17-19-14-18(2)15-21(16-19)37-20-6-10-33(4)11-7-20)24(3)8-12-34(13-9-24)23(36)38-22(25(27,28)29)26(30,31)32/h14-16,20,22H,5-13,17H2,1-4H3. The molecule has 12 heteroatoms. The molecule has 2 fully saturated rings. The van der Waals surface area contributed by atoms with Crippen LogP contribution in [0, 0.1) is 6.92 Å². The van der Waals surface area contributed by atoms with E-state index in [0.29, 0.717) is 25.9 Å². The molecule has 2 heterocycles. The van der Waals surface area contributed by atoms with Gasteiger partial charge < -0.3 is 19.3 Å². The topological polar surface area (TPSA) is 45.2 Å². The summed E-state index contributed by atoms with van der Waals surface area (Å²) in [5.74, 6) is 0.817. The van der Waals surface area contributed by atoms with Gasteiger partial charge in [-0.3, -0.25) is 4.90 Å². The fraction of sp³-hybridized carbons (Fsp3) is 0.731. The van der Waals surface area contributed by atoms with Gasteiger partial charge in [0.05, 0.1) is 0 Å². The van der Waals surface area contributed by atoms with Crippen LogP contribution in [0.3, 0.4) is 0 Å². The van der Waals surface area contributed by atoms with Crippen LogP contribution in [0.2, 0.25) is 0 Å². The molecule has 1 amide bonds. The number of rotatable bonds is 7. The van der Waals surface area contributed by atoms with Crippen LogP contribution in [-0.4, -0.2) is 90.7 Å². The number of likely N-dealkylation sites (tertiary alicyclic amines) is 2. The number of alkyl halides is 6. The van der Waals surface area contributed by atoms with E-state index in [1.54, 1.807) is 0 Å². The van der Waals surface area contributed by atoms with Crippen molar-refractivity contribution in [2.75, 3.05) is 39.8 Å². The molecule has 0 spiro atoms. The highest BCUT2D eigenvalue weighted by molar-refractivity contribution is 5.68. The summed E-state index contributed by atoms with van der Waals surface area (Å²) in [6.45, 7) is 9.22. The van der Waals surface area contributed by atoms with E-state index < -0.39 is 30.1 Å². The summed E-state index contributed by atoms with van der Waals surface area (Å²) in [5, 5.41) is 0. The predicted octanol–water partition coefficient (Wildman–Crippen LogP) is 5.77. The zero-order chi connectivity index (χ0) is 28.3. The first-order valence-electron chi connectivity index (χ1n) is 12.9. The van der Waals surface area contributed by atoms with Gasteiger partial charge in [0.2, 0.25) is 0 Å². The van der Waals surface area contributed by atoms with Crippen LogP contribution in [0.5, 0.6) is 5.75 Å². The number of halogens is 6. The van der Waals surface area contributed by atoms with E-state index in [9.17, 15) is 31.1 Å². The van der Waals surface area contributed by atoms with Crippen molar-refractivity contribution in [3.8, 4) is 5.75 Å². The minimum absolute atomic E-state index is 0.00737. The van der Waals surface area contributed by atoms with Gasteiger partial charge >= 0.3 is 18.4 Å². The molecule has 0 N–H and O–H groups in total. The second kappa shape index (κ2) is 11.9. The second-order valence-corrected chi connectivity index (χ2v) is 10.6. The van der Waals surface area contributed by atoms with Gasteiger partial charge in [-0.25, -0.2) is 4.79 Å². The van der Waals surface area contributed by atoms with Gasteiger partial charge in [-0.15, -0.1) is 0 Å². The number of nitrogens with zero attached hydrogens (tertiary/aromatic N) is 3. The molecule has 1 aromatic carbocycles. The summed E-state index contributed by atoms with van der Waals surface area (Å²) in [7, 11) is 2.09. The Morgan fingerprint density at radius 3 is 2.16 bits per heavy atom. The van der Waals surface area contributed by atoms with Crippen LogP contribution in [0.4, 0.5) is 31.1 Å². The Hall–Kier alpha value is -2.21. The number of aryl methyl sites for hydroxylation is 1. The van der Waals surface area contributed by atoms with Crippen LogP contribution >= 0.6 is 0 Å². The quantitative estimate of drug-likeness (QED) is 0.401. The zero-order valence-corrected chi connectivity index (χ0v) is 22.3. The third kappa shape index (κ3) is 7.91.